The van der Waals surface area contributed by atoms with E-state index in [0.717, 1.165) is 0 Å². The van der Waals surface area contributed by atoms with Crippen LogP contribution >= 0.6 is 0 Å². The Hall–Kier alpha value is -3.97. The van der Waals surface area contributed by atoms with Gasteiger partial charge in [-0.2, -0.15) is 13.4 Å². The van der Waals surface area contributed by atoms with Crippen LogP contribution in [-0.2, 0) is 10.1 Å². The van der Waals surface area contributed by atoms with E-state index < -0.39 is 15.0 Å². The SMILES string of the molecule is COc1cc(Nc2nccc(Nc3ccc4c(c3S(=O)(=O)O)OCCO4)n2)cc(OC)c1OC. The van der Waals surface area contributed by atoms with Crippen molar-refractivity contribution in [3.05, 3.63) is 36.5 Å². The van der Waals surface area contributed by atoms with E-state index >= 15 is 0 Å². The third-order valence-corrected chi connectivity index (χ3v) is 5.68. The fourth-order valence-corrected chi connectivity index (χ4v) is 4.14. The summed E-state index contributed by atoms with van der Waals surface area (Å²) in [7, 11) is -0.133. The quantitative estimate of drug-likeness (QED) is 0.398. The second-order valence-corrected chi connectivity index (χ2v) is 8.23. The molecule has 0 saturated heterocycles. The maximum Gasteiger partial charge on any atom is 0.300 e. The summed E-state index contributed by atoms with van der Waals surface area (Å²) >= 11 is 0. The molecule has 1 aliphatic heterocycles. The summed E-state index contributed by atoms with van der Waals surface area (Å²) in [4.78, 5) is 8.10. The summed E-state index contributed by atoms with van der Waals surface area (Å²) < 4.78 is 60.9. The van der Waals surface area contributed by atoms with Gasteiger partial charge in [-0.25, -0.2) is 4.98 Å². The predicted octanol–water partition coefficient (Wildman–Crippen LogP) is 3.01. The van der Waals surface area contributed by atoms with Crippen LogP contribution < -0.4 is 34.3 Å². The van der Waals surface area contributed by atoms with Crippen molar-refractivity contribution in [2.24, 2.45) is 0 Å². The Morgan fingerprint density at radius 2 is 1.68 bits per heavy atom. The third kappa shape index (κ3) is 4.70. The number of benzene rings is 2. The highest BCUT2D eigenvalue weighted by Crippen LogP contribution is 2.42. The molecule has 0 radical (unpaired) electrons. The number of ether oxygens (including phenoxy) is 5. The number of anilines is 4. The smallest absolute Gasteiger partial charge is 0.300 e. The molecule has 0 spiro atoms. The Labute approximate surface area is 195 Å². The van der Waals surface area contributed by atoms with Gasteiger partial charge in [0.25, 0.3) is 10.1 Å². The lowest BCUT2D eigenvalue weighted by molar-refractivity contribution is 0.167. The molecule has 0 amide bonds. The molecule has 12 nitrogen and oxygen atoms in total. The summed E-state index contributed by atoms with van der Waals surface area (Å²) in [6.07, 6.45) is 1.47. The Morgan fingerprint density at radius 1 is 0.971 bits per heavy atom. The van der Waals surface area contributed by atoms with Crippen molar-refractivity contribution in [2.75, 3.05) is 45.2 Å². The van der Waals surface area contributed by atoms with Gasteiger partial charge >= 0.3 is 0 Å². The third-order valence-electron chi connectivity index (χ3n) is 4.76. The van der Waals surface area contributed by atoms with E-state index in [-0.39, 0.29) is 42.2 Å². The van der Waals surface area contributed by atoms with Crippen molar-refractivity contribution in [1.29, 1.82) is 0 Å². The molecule has 0 fully saturated rings. The second kappa shape index (κ2) is 9.49. The van der Waals surface area contributed by atoms with Gasteiger partial charge in [-0.05, 0) is 18.2 Å². The van der Waals surface area contributed by atoms with Crippen LogP contribution in [0, 0.1) is 0 Å². The lowest BCUT2D eigenvalue weighted by Crippen LogP contribution is -2.18. The van der Waals surface area contributed by atoms with Crippen molar-refractivity contribution in [1.82, 2.24) is 9.97 Å². The van der Waals surface area contributed by atoms with Crippen LogP contribution in [0.15, 0.2) is 41.4 Å². The molecule has 4 rings (SSSR count). The molecular weight excluding hydrogens is 468 g/mol. The van der Waals surface area contributed by atoms with Gasteiger partial charge in [-0.15, -0.1) is 0 Å². The summed E-state index contributed by atoms with van der Waals surface area (Å²) in [6, 6.07) is 7.89. The minimum absolute atomic E-state index is 0.0594. The molecule has 0 aliphatic carbocycles. The Kier molecular flexibility index (Phi) is 6.47. The monoisotopic (exact) mass is 490 g/mol. The maximum atomic E-state index is 12.1. The Balaban J connectivity index is 1.65. The summed E-state index contributed by atoms with van der Waals surface area (Å²) in [6.45, 7) is 0.419. The zero-order chi connectivity index (χ0) is 24.3. The fraction of sp³-hybridized carbons (Fsp3) is 0.238. The number of aromatic nitrogens is 2. The van der Waals surface area contributed by atoms with Crippen molar-refractivity contribution in [3.63, 3.8) is 0 Å². The molecule has 2 aromatic carbocycles. The highest BCUT2D eigenvalue weighted by atomic mass is 32.2. The highest BCUT2D eigenvalue weighted by molar-refractivity contribution is 7.86. The van der Waals surface area contributed by atoms with E-state index in [1.54, 1.807) is 18.2 Å². The fourth-order valence-electron chi connectivity index (χ4n) is 3.35. The van der Waals surface area contributed by atoms with Gasteiger partial charge in [0.05, 0.1) is 27.0 Å². The number of hydrogen-bond donors (Lipinski definition) is 3. The lowest BCUT2D eigenvalue weighted by atomic mass is 10.2. The minimum atomic E-state index is -4.64. The molecule has 3 aromatic rings. The Bertz CT molecular complexity index is 1290. The Morgan fingerprint density at radius 3 is 2.32 bits per heavy atom. The van der Waals surface area contributed by atoms with Gasteiger partial charge < -0.3 is 34.3 Å². The first-order valence-corrected chi connectivity index (χ1v) is 11.3. The van der Waals surface area contributed by atoms with Crippen LogP contribution in [0.2, 0.25) is 0 Å². The predicted molar refractivity (Wildman–Crippen MR) is 122 cm³/mol. The molecule has 0 bridgehead atoms. The molecule has 34 heavy (non-hydrogen) atoms. The number of methoxy groups -OCH3 is 3. The largest absolute Gasteiger partial charge is 0.493 e. The zero-order valence-corrected chi connectivity index (χ0v) is 19.3. The van der Waals surface area contributed by atoms with Gasteiger partial charge in [-0.1, -0.05) is 0 Å². The van der Waals surface area contributed by atoms with Crippen LogP contribution in [0.1, 0.15) is 0 Å². The second-order valence-electron chi connectivity index (χ2n) is 6.87. The minimum Gasteiger partial charge on any atom is -0.493 e. The topological polar surface area (TPSA) is 150 Å². The van der Waals surface area contributed by atoms with Crippen LogP contribution in [0.25, 0.3) is 0 Å². The van der Waals surface area contributed by atoms with Crippen LogP contribution in [0.4, 0.5) is 23.1 Å². The molecule has 1 aliphatic rings. The van der Waals surface area contributed by atoms with Gasteiger partial charge in [-0.3, -0.25) is 4.55 Å². The maximum absolute atomic E-state index is 12.1. The molecule has 1 aromatic heterocycles. The first kappa shape index (κ1) is 23.2. The number of hydrogen-bond acceptors (Lipinski definition) is 11. The first-order valence-electron chi connectivity index (χ1n) is 9.91. The summed E-state index contributed by atoms with van der Waals surface area (Å²) in [5.74, 6) is 1.92. The van der Waals surface area contributed by atoms with E-state index in [1.807, 2.05) is 0 Å². The van der Waals surface area contributed by atoms with Crippen molar-refractivity contribution in [3.8, 4) is 28.7 Å². The van der Waals surface area contributed by atoms with E-state index in [0.29, 0.717) is 22.9 Å². The van der Waals surface area contributed by atoms with E-state index in [4.69, 9.17) is 23.7 Å². The lowest BCUT2D eigenvalue weighted by Gasteiger charge is -2.22. The van der Waals surface area contributed by atoms with Crippen molar-refractivity contribution < 1.29 is 36.7 Å². The number of rotatable bonds is 8. The number of nitrogens with zero attached hydrogens (tertiary/aromatic N) is 2. The van der Waals surface area contributed by atoms with Gasteiger partial charge in [0, 0.05) is 24.0 Å². The van der Waals surface area contributed by atoms with Gasteiger partial charge in [0.2, 0.25) is 11.7 Å². The zero-order valence-electron chi connectivity index (χ0n) is 18.5. The summed E-state index contributed by atoms with van der Waals surface area (Å²) in [5.41, 5.74) is 0.619. The van der Waals surface area contributed by atoms with Crippen LogP contribution in [0.5, 0.6) is 28.7 Å². The summed E-state index contributed by atoms with van der Waals surface area (Å²) in [5, 5.41) is 5.92. The molecule has 0 atom stereocenters. The number of fused-ring (bicyclic) bond motifs is 1. The average molecular weight is 490 g/mol. The van der Waals surface area contributed by atoms with Crippen molar-refractivity contribution in [2.45, 2.75) is 4.90 Å². The van der Waals surface area contributed by atoms with Crippen LogP contribution in [-0.4, -0.2) is 57.5 Å². The number of nitrogens with one attached hydrogen (secondary N) is 2. The van der Waals surface area contributed by atoms with E-state index in [9.17, 15) is 13.0 Å². The average Bonchev–Trinajstić information content (AvgIpc) is 2.82. The molecule has 3 N–H and O–H groups in total. The molecular formula is C21H22N4O8S. The molecule has 0 unspecified atom stereocenters. The van der Waals surface area contributed by atoms with Gasteiger partial charge in [0.15, 0.2) is 27.9 Å². The van der Waals surface area contributed by atoms with E-state index in [2.05, 4.69) is 20.6 Å². The van der Waals surface area contributed by atoms with E-state index in [1.165, 1.54) is 39.7 Å². The normalized spacial score (nSPS) is 12.6. The first-order chi connectivity index (χ1) is 16.3. The molecule has 0 saturated carbocycles. The molecule has 13 heteroatoms. The van der Waals surface area contributed by atoms with Crippen molar-refractivity contribution >= 4 is 33.3 Å². The van der Waals surface area contributed by atoms with Gasteiger partial charge in [0.1, 0.15) is 19.0 Å². The standard InChI is InChI=1S/C21H22N4O8S/c1-29-15-10-12(11-16(30-2)18(15)31-3)23-21-22-7-6-17(25-21)24-13-4-5-14-19(33-9-8-32-14)20(13)34(26,27)28/h4-7,10-11H,8-9H2,1-3H3,(H,26,27,28)(H2,22,23,24,25). The van der Waals surface area contributed by atoms with Crippen LogP contribution in [0.3, 0.4) is 0 Å². The highest BCUT2D eigenvalue weighted by Gasteiger charge is 2.28. The molecule has 2 heterocycles. The molecule has 180 valence electrons.